The van der Waals surface area contributed by atoms with Crippen molar-refractivity contribution in [3.63, 3.8) is 0 Å². The van der Waals surface area contributed by atoms with Gasteiger partial charge in [-0.15, -0.1) is 5.10 Å². The Balaban J connectivity index is 2.09. The summed E-state index contributed by atoms with van der Waals surface area (Å²) in [6.07, 6.45) is 3.14. The van der Waals surface area contributed by atoms with Gasteiger partial charge in [-0.05, 0) is 40.6 Å². The molecule has 0 bridgehead atoms. The number of hydrogen-bond donors (Lipinski definition) is 1. The van der Waals surface area contributed by atoms with Crippen LogP contribution < -0.4 is 4.72 Å². The third-order valence-electron chi connectivity index (χ3n) is 3.21. The number of rotatable bonds is 6. The number of aromatic nitrogens is 3. The van der Waals surface area contributed by atoms with E-state index < -0.39 is 10.0 Å². The first-order valence-electron chi connectivity index (χ1n) is 5.51. The van der Waals surface area contributed by atoms with E-state index in [2.05, 4.69) is 46.9 Å². The average Bonchev–Trinajstić information content (AvgIpc) is 2.97. The summed E-state index contributed by atoms with van der Waals surface area (Å²) in [6.45, 7) is 0.471. The maximum Gasteiger partial charge on any atom is 0.260 e. The molecule has 0 radical (unpaired) electrons. The first-order chi connectivity index (χ1) is 8.40. The molecule has 0 unspecified atom stereocenters. The highest BCUT2D eigenvalue weighted by Crippen LogP contribution is 2.48. The number of alkyl halides is 1. The van der Waals surface area contributed by atoms with E-state index in [-0.39, 0.29) is 15.0 Å². The van der Waals surface area contributed by atoms with Crippen molar-refractivity contribution in [3.8, 4) is 0 Å². The quantitative estimate of drug-likeness (QED) is 0.731. The molecule has 1 aliphatic rings. The Morgan fingerprint density at radius 1 is 1.50 bits per heavy atom. The predicted octanol–water partition coefficient (Wildman–Crippen LogP) is 1.42. The van der Waals surface area contributed by atoms with Gasteiger partial charge in [0.2, 0.25) is 5.03 Å². The second kappa shape index (κ2) is 5.18. The van der Waals surface area contributed by atoms with E-state index in [1.807, 2.05) is 0 Å². The number of halogens is 2. The summed E-state index contributed by atoms with van der Waals surface area (Å²) in [7, 11) is -2.01. The smallest absolute Gasteiger partial charge is 0.235 e. The van der Waals surface area contributed by atoms with Gasteiger partial charge in [-0.3, -0.25) is 0 Å². The van der Waals surface area contributed by atoms with Gasteiger partial charge in [0.05, 0.1) is 0 Å². The van der Waals surface area contributed by atoms with Crippen LogP contribution in [0.25, 0.3) is 0 Å². The summed E-state index contributed by atoms with van der Waals surface area (Å²) in [4.78, 5) is 0. The molecule has 1 aliphatic carbocycles. The van der Waals surface area contributed by atoms with Gasteiger partial charge in [0.1, 0.15) is 0 Å². The summed E-state index contributed by atoms with van der Waals surface area (Å²) in [5.74, 6) is 0. The van der Waals surface area contributed by atoms with E-state index in [9.17, 15) is 8.42 Å². The fourth-order valence-electron chi connectivity index (χ4n) is 1.82. The van der Waals surface area contributed by atoms with Crippen molar-refractivity contribution in [2.45, 2.75) is 24.3 Å². The molecule has 1 heterocycles. The van der Waals surface area contributed by atoms with Crippen molar-refractivity contribution in [1.82, 2.24) is 19.7 Å². The molecular formula is C9H14Br2N4O2S. The van der Waals surface area contributed by atoms with Crippen molar-refractivity contribution >= 4 is 41.9 Å². The molecule has 2 rings (SSSR count). The van der Waals surface area contributed by atoms with E-state index in [0.29, 0.717) is 6.54 Å². The van der Waals surface area contributed by atoms with E-state index in [0.717, 1.165) is 24.6 Å². The first-order valence-corrected chi connectivity index (χ1v) is 8.91. The number of hydrogen-bond acceptors (Lipinski definition) is 4. The molecule has 102 valence electrons. The summed E-state index contributed by atoms with van der Waals surface area (Å²) in [5.41, 5.74) is 0.134. The maximum atomic E-state index is 12.2. The third kappa shape index (κ3) is 2.94. The van der Waals surface area contributed by atoms with Crippen LogP contribution in [0, 0.1) is 5.41 Å². The second-order valence-corrected chi connectivity index (χ2v) is 7.80. The Morgan fingerprint density at radius 3 is 2.61 bits per heavy atom. The molecule has 9 heteroatoms. The largest absolute Gasteiger partial charge is 0.260 e. The number of nitrogens with zero attached hydrogens (tertiary/aromatic N) is 3. The molecular weight excluding hydrogens is 388 g/mol. The summed E-state index contributed by atoms with van der Waals surface area (Å²) < 4.78 is 28.5. The second-order valence-electron chi connectivity index (χ2n) is 4.57. The molecule has 0 aromatic carbocycles. The zero-order valence-corrected chi connectivity index (χ0v) is 13.8. The lowest BCUT2D eigenvalue weighted by Gasteiger charge is -2.14. The zero-order valence-electron chi connectivity index (χ0n) is 9.86. The van der Waals surface area contributed by atoms with Crippen LogP contribution in [0.1, 0.15) is 19.3 Å². The minimum atomic E-state index is -3.56. The van der Waals surface area contributed by atoms with Gasteiger partial charge in [-0.2, -0.15) is 0 Å². The van der Waals surface area contributed by atoms with Gasteiger partial charge in [-0.1, -0.05) is 21.1 Å². The van der Waals surface area contributed by atoms with Crippen LogP contribution in [0.3, 0.4) is 0 Å². The van der Waals surface area contributed by atoms with Crippen molar-refractivity contribution < 1.29 is 8.42 Å². The van der Waals surface area contributed by atoms with Crippen LogP contribution in [0.15, 0.2) is 9.63 Å². The fraction of sp³-hybridized carbons (Fsp3) is 0.778. The van der Waals surface area contributed by atoms with Gasteiger partial charge in [0.25, 0.3) is 10.0 Å². The Morgan fingerprint density at radius 2 is 2.17 bits per heavy atom. The van der Waals surface area contributed by atoms with Crippen LogP contribution in [0.5, 0.6) is 0 Å². The van der Waals surface area contributed by atoms with Gasteiger partial charge >= 0.3 is 0 Å². The highest BCUT2D eigenvalue weighted by Gasteiger charge is 2.42. The first kappa shape index (κ1) is 14.4. The number of aryl methyl sites for hydroxylation is 1. The fourth-order valence-corrected chi connectivity index (χ4v) is 4.90. The Kier molecular flexibility index (Phi) is 4.15. The molecule has 0 saturated heterocycles. The van der Waals surface area contributed by atoms with E-state index in [1.54, 1.807) is 7.05 Å². The molecule has 0 spiro atoms. The molecule has 1 N–H and O–H groups in total. The standard InChI is InChI=1S/C9H14Br2N4O2S/c1-15-8(7(11)13-14-15)18(16,17)12-6-9(2-3-9)4-5-10/h12H,2-6H2,1H3. The minimum Gasteiger partial charge on any atom is -0.235 e. The van der Waals surface area contributed by atoms with Gasteiger partial charge in [0, 0.05) is 18.9 Å². The van der Waals surface area contributed by atoms with Crippen molar-refractivity contribution in [3.05, 3.63) is 4.60 Å². The zero-order chi connectivity index (χ0) is 13.4. The van der Waals surface area contributed by atoms with Crippen LogP contribution in [-0.2, 0) is 17.1 Å². The lowest BCUT2D eigenvalue weighted by Crippen LogP contribution is -2.32. The normalized spacial score (nSPS) is 17.9. The number of nitrogens with one attached hydrogen (secondary N) is 1. The van der Waals surface area contributed by atoms with Gasteiger partial charge in [0.15, 0.2) is 4.60 Å². The van der Waals surface area contributed by atoms with Crippen LogP contribution in [0.4, 0.5) is 0 Å². The average molecular weight is 402 g/mol. The lowest BCUT2D eigenvalue weighted by atomic mass is 10.1. The molecule has 6 nitrogen and oxygen atoms in total. The highest BCUT2D eigenvalue weighted by molar-refractivity contribution is 9.10. The van der Waals surface area contributed by atoms with Crippen molar-refractivity contribution in [1.29, 1.82) is 0 Å². The molecule has 1 fully saturated rings. The van der Waals surface area contributed by atoms with Crippen molar-refractivity contribution in [2.75, 3.05) is 11.9 Å². The molecule has 1 aromatic heterocycles. The summed E-state index contributed by atoms with van der Waals surface area (Å²) in [6, 6.07) is 0. The number of sulfonamides is 1. The predicted molar refractivity (Wildman–Crippen MR) is 74.0 cm³/mol. The van der Waals surface area contributed by atoms with E-state index >= 15 is 0 Å². The monoisotopic (exact) mass is 400 g/mol. The molecule has 0 amide bonds. The minimum absolute atomic E-state index is 0.0668. The summed E-state index contributed by atoms with van der Waals surface area (Å²) >= 11 is 6.50. The SMILES string of the molecule is Cn1nnc(Br)c1S(=O)(=O)NCC1(CCBr)CC1. The van der Waals surface area contributed by atoms with Crippen molar-refractivity contribution in [2.24, 2.45) is 12.5 Å². The van der Waals surface area contributed by atoms with E-state index in [4.69, 9.17) is 0 Å². The lowest BCUT2D eigenvalue weighted by molar-refractivity contribution is 0.477. The maximum absolute atomic E-state index is 12.2. The third-order valence-corrected chi connectivity index (χ3v) is 5.89. The van der Waals surface area contributed by atoms with Crippen LogP contribution in [-0.4, -0.2) is 35.3 Å². The van der Waals surface area contributed by atoms with Gasteiger partial charge < -0.3 is 0 Å². The van der Waals surface area contributed by atoms with Crippen LogP contribution in [0.2, 0.25) is 0 Å². The molecule has 1 saturated carbocycles. The van der Waals surface area contributed by atoms with Crippen LogP contribution >= 0.6 is 31.9 Å². The van der Waals surface area contributed by atoms with E-state index in [1.165, 1.54) is 4.68 Å². The Labute approximate surface area is 123 Å². The van der Waals surface area contributed by atoms with Gasteiger partial charge in [-0.25, -0.2) is 17.8 Å². The molecule has 18 heavy (non-hydrogen) atoms. The summed E-state index contributed by atoms with van der Waals surface area (Å²) in [5, 5.41) is 8.32. The topological polar surface area (TPSA) is 76.9 Å². The Bertz CT molecular complexity index is 519. The molecule has 0 atom stereocenters. The Hall–Kier alpha value is 0.01000. The molecule has 1 aromatic rings. The highest BCUT2D eigenvalue weighted by atomic mass is 79.9. The molecule has 0 aliphatic heterocycles.